The summed E-state index contributed by atoms with van der Waals surface area (Å²) < 4.78 is 65.8. The van der Waals surface area contributed by atoms with E-state index in [2.05, 4.69) is 0 Å². The summed E-state index contributed by atoms with van der Waals surface area (Å²) in [7, 11) is -3.98. The molecule has 0 bridgehead atoms. The summed E-state index contributed by atoms with van der Waals surface area (Å²) in [5.41, 5.74) is -3.28. The second-order valence-corrected chi connectivity index (χ2v) is 8.83. The number of alkyl halides is 3. The van der Waals surface area contributed by atoms with Crippen molar-refractivity contribution in [1.29, 1.82) is 5.26 Å². The zero-order valence-electron chi connectivity index (χ0n) is 15.4. The molecule has 0 saturated carbocycles. The number of sulfonamides is 1. The smallest absolute Gasteiger partial charge is 0.373 e. The van der Waals surface area contributed by atoms with Crippen molar-refractivity contribution in [3.63, 3.8) is 0 Å². The van der Waals surface area contributed by atoms with Gasteiger partial charge in [-0.05, 0) is 45.0 Å². The fourth-order valence-corrected chi connectivity index (χ4v) is 4.65. The van der Waals surface area contributed by atoms with Gasteiger partial charge in [0.25, 0.3) is 5.91 Å². The predicted octanol–water partition coefficient (Wildman–Crippen LogP) is 1.48. The lowest BCUT2D eigenvalue weighted by molar-refractivity contribution is -0.251. The molecule has 1 heterocycles. The van der Waals surface area contributed by atoms with Gasteiger partial charge in [-0.2, -0.15) is 22.7 Å². The van der Waals surface area contributed by atoms with Gasteiger partial charge in [0, 0.05) is 25.2 Å². The molecule has 0 aliphatic carbocycles. The van der Waals surface area contributed by atoms with E-state index >= 15 is 0 Å². The van der Waals surface area contributed by atoms with Gasteiger partial charge in [-0.3, -0.25) is 4.79 Å². The number of rotatable bonds is 3. The maximum Gasteiger partial charge on any atom is 0.426 e. The van der Waals surface area contributed by atoms with Crippen LogP contribution in [0.1, 0.15) is 26.3 Å². The first kappa shape index (κ1) is 22.1. The Morgan fingerprint density at radius 3 is 2.18 bits per heavy atom. The molecule has 1 amide bonds. The monoisotopic (exact) mass is 419 g/mol. The summed E-state index contributed by atoms with van der Waals surface area (Å²) in [6, 6.07) is 5.43. The zero-order chi connectivity index (χ0) is 21.5. The number of halogens is 3. The van der Waals surface area contributed by atoms with E-state index in [9.17, 15) is 31.5 Å². The third-order valence-corrected chi connectivity index (χ3v) is 6.74. The molecule has 7 nitrogen and oxygen atoms in total. The predicted molar refractivity (Wildman–Crippen MR) is 92.4 cm³/mol. The molecular weight excluding hydrogens is 399 g/mol. The van der Waals surface area contributed by atoms with E-state index < -0.39 is 39.8 Å². The minimum atomic E-state index is -5.15. The number of carbonyl (C=O) groups is 1. The molecule has 11 heteroatoms. The first-order valence-electron chi connectivity index (χ1n) is 8.35. The van der Waals surface area contributed by atoms with E-state index in [0.717, 1.165) is 9.21 Å². The Morgan fingerprint density at radius 1 is 1.18 bits per heavy atom. The highest BCUT2D eigenvalue weighted by Crippen LogP contribution is 2.33. The topological polar surface area (TPSA) is 102 Å². The zero-order valence-corrected chi connectivity index (χ0v) is 16.3. The number of hydrogen-bond acceptors (Lipinski definition) is 5. The Labute approximate surface area is 161 Å². The molecule has 3 atom stereocenters. The molecular formula is C17H20F3N3O4S. The molecule has 0 radical (unpaired) electrons. The van der Waals surface area contributed by atoms with E-state index in [-0.39, 0.29) is 23.5 Å². The first-order valence-corrected chi connectivity index (χ1v) is 9.79. The van der Waals surface area contributed by atoms with E-state index in [0.29, 0.717) is 6.92 Å². The molecule has 0 spiro atoms. The van der Waals surface area contributed by atoms with Crippen LogP contribution in [0, 0.1) is 11.3 Å². The third kappa shape index (κ3) is 3.85. The number of nitriles is 1. The number of aliphatic hydroxyl groups is 1. The van der Waals surface area contributed by atoms with Crippen molar-refractivity contribution in [1.82, 2.24) is 9.21 Å². The second-order valence-electron chi connectivity index (χ2n) is 6.94. The van der Waals surface area contributed by atoms with Crippen molar-refractivity contribution in [3.8, 4) is 6.07 Å². The third-order valence-electron chi connectivity index (χ3n) is 4.75. The molecule has 0 aromatic heterocycles. The molecule has 1 aliphatic heterocycles. The number of amides is 1. The van der Waals surface area contributed by atoms with Crippen molar-refractivity contribution < 1.29 is 31.5 Å². The molecule has 1 aromatic rings. The quantitative estimate of drug-likeness (QED) is 0.800. The van der Waals surface area contributed by atoms with Crippen LogP contribution >= 0.6 is 0 Å². The highest BCUT2D eigenvalue weighted by atomic mass is 32.2. The van der Waals surface area contributed by atoms with Gasteiger partial charge in [-0.15, -0.1) is 0 Å². The molecule has 1 N–H and O–H groups in total. The maximum absolute atomic E-state index is 13.0. The Morgan fingerprint density at radius 2 is 1.71 bits per heavy atom. The summed E-state index contributed by atoms with van der Waals surface area (Å²) in [5, 5.41) is 18.5. The number of nitrogens with zero attached hydrogens (tertiary/aromatic N) is 3. The summed E-state index contributed by atoms with van der Waals surface area (Å²) in [5.74, 6) is -1.52. The van der Waals surface area contributed by atoms with Crippen LogP contribution in [0.4, 0.5) is 13.2 Å². The van der Waals surface area contributed by atoms with E-state index in [1.54, 1.807) is 0 Å². The van der Waals surface area contributed by atoms with Crippen molar-refractivity contribution >= 4 is 15.9 Å². The average Bonchev–Trinajstić information content (AvgIpc) is 2.61. The van der Waals surface area contributed by atoms with Gasteiger partial charge in [-0.25, -0.2) is 8.42 Å². The minimum Gasteiger partial charge on any atom is -0.373 e. The standard InChI is InChI=1S/C17H20F3N3O4S/c1-11-10-23(28(26,27)14-6-4-13(8-21)5-7-14)12(2)9-22(11)15(24)16(3,25)17(18,19)20/h4-7,11-12,25H,9-10H2,1-3H3. The van der Waals surface area contributed by atoms with Crippen LogP contribution in [0.25, 0.3) is 0 Å². The van der Waals surface area contributed by atoms with Crippen molar-refractivity contribution in [2.24, 2.45) is 0 Å². The van der Waals surface area contributed by atoms with Crippen LogP contribution in [0.3, 0.4) is 0 Å². The lowest BCUT2D eigenvalue weighted by Gasteiger charge is -2.45. The van der Waals surface area contributed by atoms with Crippen molar-refractivity contribution in [2.75, 3.05) is 13.1 Å². The van der Waals surface area contributed by atoms with Crippen molar-refractivity contribution in [2.45, 2.75) is 49.5 Å². The number of hydrogen-bond donors (Lipinski definition) is 1. The second kappa shape index (κ2) is 7.35. The van der Waals surface area contributed by atoms with Gasteiger partial charge >= 0.3 is 6.18 Å². The molecule has 1 saturated heterocycles. The van der Waals surface area contributed by atoms with E-state index in [4.69, 9.17) is 5.26 Å². The van der Waals surface area contributed by atoms with Gasteiger partial charge in [0.05, 0.1) is 16.5 Å². The highest BCUT2D eigenvalue weighted by molar-refractivity contribution is 7.89. The average molecular weight is 419 g/mol. The first-order chi connectivity index (χ1) is 12.7. The van der Waals surface area contributed by atoms with Crippen molar-refractivity contribution in [3.05, 3.63) is 29.8 Å². The molecule has 154 valence electrons. The Balaban J connectivity index is 2.27. The Kier molecular flexibility index (Phi) is 5.81. The largest absolute Gasteiger partial charge is 0.426 e. The number of piperazine rings is 1. The number of benzene rings is 1. The fraction of sp³-hybridized carbons (Fsp3) is 0.529. The minimum absolute atomic E-state index is 0.0624. The molecule has 3 unspecified atom stereocenters. The Hall–Kier alpha value is -2.16. The molecule has 28 heavy (non-hydrogen) atoms. The molecule has 2 rings (SSSR count). The van der Waals surface area contributed by atoms with Crippen LogP contribution in [0.15, 0.2) is 29.2 Å². The van der Waals surface area contributed by atoms with Crippen LogP contribution < -0.4 is 0 Å². The lowest BCUT2D eigenvalue weighted by Crippen LogP contribution is -2.65. The van der Waals surface area contributed by atoms with Gasteiger partial charge in [0.15, 0.2) is 0 Å². The molecule has 1 aliphatic rings. The van der Waals surface area contributed by atoms with Crippen LogP contribution in [0.2, 0.25) is 0 Å². The van der Waals surface area contributed by atoms with Crippen LogP contribution in [-0.2, 0) is 14.8 Å². The van der Waals surface area contributed by atoms with Gasteiger partial charge in [0.2, 0.25) is 15.6 Å². The normalized spacial score (nSPS) is 23.7. The maximum atomic E-state index is 13.0. The molecule has 1 fully saturated rings. The summed E-state index contributed by atoms with van der Waals surface area (Å²) >= 11 is 0. The van der Waals surface area contributed by atoms with Gasteiger partial charge < -0.3 is 10.0 Å². The highest BCUT2D eigenvalue weighted by Gasteiger charge is 2.58. The van der Waals surface area contributed by atoms with Crippen LogP contribution in [0.5, 0.6) is 0 Å². The van der Waals surface area contributed by atoms with Crippen LogP contribution in [-0.4, -0.2) is 65.6 Å². The SMILES string of the molecule is CC1CN(S(=O)(=O)c2ccc(C#N)cc2)C(C)CN1C(=O)C(C)(O)C(F)(F)F. The van der Waals surface area contributed by atoms with Gasteiger partial charge in [0.1, 0.15) is 0 Å². The number of carbonyl (C=O) groups excluding carboxylic acids is 1. The lowest BCUT2D eigenvalue weighted by atomic mass is 10.0. The summed E-state index contributed by atoms with van der Waals surface area (Å²) in [4.78, 5) is 13.1. The van der Waals surface area contributed by atoms with Gasteiger partial charge in [-0.1, -0.05) is 0 Å². The summed E-state index contributed by atoms with van der Waals surface area (Å²) in [6.07, 6.45) is -5.15. The fourth-order valence-electron chi connectivity index (χ4n) is 2.95. The van der Waals surface area contributed by atoms with E-state index in [1.807, 2.05) is 6.07 Å². The summed E-state index contributed by atoms with van der Waals surface area (Å²) in [6.45, 7) is 2.73. The van der Waals surface area contributed by atoms with E-state index in [1.165, 1.54) is 38.1 Å². The Bertz CT molecular complexity index is 892. The molecule has 1 aromatic carbocycles.